The summed E-state index contributed by atoms with van der Waals surface area (Å²) in [6, 6.07) is 6.36. The minimum Gasteiger partial charge on any atom is -0.325 e. The van der Waals surface area contributed by atoms with Crippen LogP contribution in [0.25, 0.3) is 5.78 Å². The van der Waals surface area contributed by atoms with Gasteiger partial charge in [0.2, 0.25) is 11.1 Å². The normalized spacial score (nSPS) is 13.0. The van der Waals surface area contributed by atoms with E-state index in [4.69, 9.17) is 0 Å². The average Bonchev–Trinajstić information content (AvgIpc) is 2.97. The van der Waals surface area contributed by atoms with Crippen LogP contribution < -0.4 is 5.32 Å². The second-order valence-corrected chi connectivity index (χ2v) is 7.28. The molecule has 0 bridgehead atoms. The average molecular weight is 395 g/mol. The van der Waals surface area contributed by atoms with Crippen LogP contribution in [0.15, 0.2) is 35.5 Å². The first kappa shape index (κ1) is 19.2. The number of thioether (sulfide) groups is 1. The zero-order valence-corrected chi connectivity index (χ0v) is 15.5. The van der Waals surface area contributed by atoms with E-state index in [0.717, 1.165) is 35.3 Å². The Labute approximate surface area is 157 Å². The van der Waals surface area contributed by atoms with Crippen molar-refractivity contribution in [3.8, 4) is 0 Å². The van der Waals surface area contributed by atoms with Gasteiger partial charge in [0.05, 0.1) is 10.8 Å². The Morgan fingerprint density at radius 1 is 1.22 bits per heavy atom. The molecule has 3 rings (SSSR count). The monoisotopic (exact) mass is 395 g/mol. The van der Waals surface area contributed by atoms with Crippen molar-refractivity contribution in [2.24, 2.45) is 0 Å². The number of carbonyl (C=O) groups excluding carboxylic acids is 1. The number of aryl methyl sites for hydroxylation is 2. The molecule has 27 heavy (non-hydrogen) atoms. The van der Waals surface area contributed by atoms with E-state index >= 15 is 0 Å². The Balaban J connectivity index is 1.72. The number of hydrogen-bond acceptors (Lipinski definition) is 5. The Kier molecular flexibility index (Phi) is 5.09. The number of hydrogen-bond donors (Lipinski definition) is 1. The molecular formula is C17H16F3N5OS. The van der Waals surface area contributed by atoms with Gasteiger partial charge >= 0.3 is 6.18 Å². The van der Waals surface area contributed by atoms with Gasteiger partial charge < -0.3 is 5.32 Å². The number of aromatic nitrogens is 4. The maximum absolute atomic E-state index is 12.8. The van der Waals surface area contributed by atoms with E-state index in [1.807, 2.05) is 19.9 Å². The third-order valence-electron chi connectivity index (χ3n) is 3.71. The summed E-state index contributed by atoms with van der Waals surface area (Å²) in [6.07, 6.45) is -4.47. The predicted octanol–water partition coefficient (Wildman–Crippen LogP) is 3.88. The van der Waals surface area contributed by atoms with Crippen molar-refractivity contribution >= 4 is 29.1 Å². The van der Waals surface area contributed by atoms with Crippen LogP contribution in [0.4, 0.5) is 18.9 Å². The maximum Gasteiger partial charge on any atom is 0.416 e. The van der Waals surface area contributed by atoms with Crippen LogP contribution in [0.2, 0.25) is 0 Å². The highest BCUT2D eigenvalue weighted by molar-refractivity contribution is 8.00. The molecule has 1 unspecified atom stereocenters. The molecule has 1 aromatic carbocycles. The van der Waals surface area contributed by atoms with Crippen molar-refractivity contribution in [3.63, 3.8) is 0 Å². The highest BCUT2D eigenvalue weighted by Crippen LogP contribution is 2.31. The summed E-state index contributed by atoms with van der Waals surface area (Å²) >= 11 is 1.10. The van der Waals surface area contributed by atoms with Crippen LogP contribution >= 0.6 is 11.8 Å². The Bertz CT molecular complexity index is 1000. The number of amides is 1. The van der Waals surface area contributed by atoms with Gasteiger partial charge in [-0.1, -0.05) is 17.8 Å². The van der Waals surface area contributed by atoms with Gasteiger partial charge in [0.25, 0.3) is 5.78 Å². The Morgan fingerprint density at radius 2 is 1.96 bits per heavy atom. The number of fused-ring (bicyclic) bond motifs is 1. The molecule has 0 aliphatic carbocycles. The highest BCUT2D eigenvalue weighted by Gasteiger charge is 2.30. The molecule has 0 aliphatic heterocycles. The molecule has 0 radical (unpaired) electrons. The van der Waals surface area contributed by atoms with Crippen LogP contribution in [-0.2, 0) is 11.0 Å². The van der Waals surface area contributed by atoms with Crippen molar-refractivity contribution in [3.05, 3.63) is 47.3 Å². The first-order valence-corrected chi connectivity index (χ1v) is 8.87. The molecule has 3 aromatic rings. The molecule has 10 heteroatoms. The van der Waals surface area contributed by atoms with Crippen molar-refractivity contribution in [2.45, 2.75) is 37.4 Å². The summed E-state index contributed by atoms with van der Waals surface area (Å²) in [4.78, 5) is 20.9. The lowest BCUT2D eigenvalue weighted by Gasteiger charge is -2.12. The van der Waals surface area contributed by atoms with E-state index in [1.54, 1.807) is 11.4 Å². The molecular weight excluding hydrogens is 379 g/mol. The molecule has 2 aromatic heterocycles. The lowest BCUT2D eigenvalue weighted by atomic mass is 10.2. The van der Waals surface area contributed by atoms with Crippen molar-refractivity contribution in [2.75, 3.05) is 5.32 Å². The molecule has 2 heterocycles. The van der Waals surface area contributed by atoms with Crippen LogP contribution in [0.1, 0.15) is 23.9 Å². The van der Waals surface area contributed by atoms with Gasteiger partial charge in [-0.3, -0.25) is 4.79 Å². The van der Waals surface area contributed by atoms with Crippen LogP contribution in [-0.4, -0.2) is 30.7 Å². The smallest absolute Gasteiger partial charge is 0.325 e. The summed E-state index contributed by atoms with van der Waals surface area (Å²) < 4.78 is 39.9. The molecule has 1 N–H and O–H groups in total. The number of anilines is 1. The number of alkyl halides is 3. The highest BCUT2D eigenvalue weighted by atomic mass is 32.2. The largest absolute Gasteiger partial charge is 0.416 e. The lowest BCUT2D eigenvalue weighted by Crippen LogP contribution is -2.22. The number of nitrogens with zero attached hydrogens (tertiary/aromatic N) is 4. The van der Waals surface area contributed by atoms with E-state index in [0.29, 0.717) is 10.9 Å². The van der Waals surface area contributed by atoms with Gasteiger partial charge in [0, 0.05) is 17.1 Å². The number of nitrogens with one attached hydrogen (secondary N) is 1. The quantitative estimate of drug-likeness (QED) is 0.679. The second kappa shape index (κ2) is 7.18. The molecule has 6 nitrogen and oxygen atoms in total. The minimum absolute atomic E-state index is 0.0818. The van der Waals surface area contributed by atoms with E-state index in [2.05, 4.69) is 20.4 Å². The number of benzene rings is 1. The summed E-state index contributed by atoms with van der Waals surface area (Å²) in [5.41, 5.74) is 0.926. The lowest BCUT2D eigenvalue weighted by molar-refractivity contribution is -0.137. The first-order valence-electron chi connectivity index (χ1n) is 7.99. The molecule has 1 atom stereocenters. The van der Waals surface area contributed by atoms with Crippen LogP contribution in [0.3, 0.4) is 0 Å². The SMILES string of the molecule is Cc1cc(C)n2nc(SC(C)C(=O)Nc3cccc(C(F)(F)F)c3)nc2n1. The third-order valence-corrected chi connectivity index (χ3v) is 4.66. The predicted molar refractivity (Wildman–Crippen MR) is 95.6 cm³/mol. The second-order valence-electron chi connectivity index (χ2n) is 5.97. The molecule has 0 saturated carbocycles. The molecule has 0 aliphatic rings. The van der Waals surface area contributed by atoms with E-state index in [1.165, 1.54) is 12.1 Å². The van der Waals surface area contributed by atoms with Crippen molar-refractivity contribution < 1.29 is 18.0 Å². The number of halogens is 3. The molecule has 0 spiro atoms. The van der Waals surface area contributed by atoms with E-state index in [9.17, 15) is 18.0 Å². The van der Waals surface area contributed by atoms with Gasteiger partial charge in [-0.05, 0) is 45.0 Å². The summed E-state index contributed by atoms with van der Waals surface area (Å²) in [5, 5.41) is 6.55. The molecule has 0 saturated heterocycles. The Hall–Kier alpha value is -2.62. The van der Waals surface area contributed by atoms with Gasteiger partial charge in [0.1, 0.15) is 0 Å². The Morgan fingerprint density at radius 3 is 2.67 bits per heavy atom. The molecule has 0 fully saturated rings. The van der Waals surface area contributed by atoms with Gasteiger partial charge in [0.15, 0.2) is 0 Å². The number of rotatable bonds is 4. The van der Waals surface area contributed by atoms with Gasteiger partial charge in [-0.15, -0.1) is 5.10 Å². The van der Waals surface area contributed by atoms with Crippen molar-refractivity contribution in [1.82, 2.24) is 19.6 Å². The summed E-state index contributed by atoms with van der Waals surface area (Å²) in [6.45, 7) is 5.35. The summed E-state index contributed by atoms with van der Waals surface area (Å²) in [5.74, 6) is -0.0143. The van der Waals surface area contributed by atoms with Gasteiger partial charge in [-0.2, -0.15) is 18.2 Å². The zero-order chi connectivity index (χ0) is 19.8. The van der Waals surface area contributed by atoms with Crippen LogP contribution in [0.5, 0.6) is 0 Å². The minimum atomic E-state index is -4.47. The summed E-state index contributed by atoms with van der Waals surface area (Å²) in [7, 11) is 0. The first-order chi connectivity index (χ1) is 12.6. The van der Waals surface area contributed by atoms with E-state index < -0.39 is 22.9 Å². The topological polar surface area (TPSA) is 72.2 Å². The maximum atomic E-state index is 12.8. The zero-order valence-electron chi connectivity index (χ0n) is 14.7. The standard InChI is InChI=1S/C17H16F3N5OS/c1-9-7-10(2)25-15(21-9)23-16(24-25)27-11(3)14(26)22-13-6-4-5-12(8-13)17(18,19)20/h4-8,11H,1-3H3,(H,22,26). The fourth-order valence-corrected chi connectivity index (χ4v) is 3.17. The molecule has 1 amide bonds. The van der Waals surface area contributed by atoms with E-state index in [-0.39, 0.29) is 5.69 Å². The fraction of sp³-hybridized carbons (Fsp3) is 0.294. The molecule has 142 valence electrons. The van der Waals surface area contributed by atoms with Crippen LogP contribution in [0, 0.1) is 13.8 Å². The number of carbonyl (C=O) groups is 1. The fourth-order valence-electron chi connectivity index (χ4n) is 2.43. The third kappa shape index (κ3) is 4.38. The van der Waals surface area contributed by atoms with Gasteiger partial charge in [-0.25, -0.2) is 9.50 Å². The van der Waals surface area contributed by atoms with Crippen molar-refractivity contribution in [1.29, 1.82) is 0 Å².